The van der Waals surface area contributed by atoms with Gasteiger partial charge in [-0.3, -0.25) is 0 Å². The number of halogens is 1. The first-order chi connectivity index (χ1) is 13.3. The fourth-order valence-corrected chi connectivity index (χ4v) is 3.67. The Morgan fingerprint density at radius 2 is 1.76 bits per heavy atom. The highest BCUT2D eigenvalue weighted by Crippen LogP contribution is 2.17. The van der Waals surface area contributed by atoms with E-state index in [4.69, 9.17) is 4.74 Å². The fourth-order valence-electron chi connectivity index (χ4n) is 2.71. The molecular formula is C21H30IN3O3S. The van der Waals surface area contributed by atoms with Gasteiger partial charge in [-0.25, -0.2) is 13.4 Å². The normalized spacial score (nSPS) is 11.5. The zero-order valence-electron chi connectivity index (χ0n) is 17.4. The molecule has 2 aromatic carbocycles. The number of nitrogens with one attached hydrogen (secondary N) is 2. The highest BCUT2D eigenvalue weighted by atomic mass is 127. The Hall–Kier alpha value is -1.81. The summed E-state index contributed by atoms with van der Waals surface area (Å²) in [6.45, 7) is 8.19. The highest BCUT2D eigenvalue weighted by Gasteiger charge is 2.10. The molecule has 0 bridgehead atoms. The molecule has 0 aliphatic rings. The standard InChI is InChI=1S/C21H29N3O3S.HI/c1-5-22-21(23-12-13-27-19-9-6-16(2)7-10-19)24-15-18-8-11-20(17(3)14-18)28(4,25)26;/h6-11,14H,5,12-13,15H2,1-4H3,(H2,22,23,24);1H. The number of sulfone groups is 1. The van der Waals surface area contributed by atoms with E-state index in [1.165, 1.54) is 11.8 Å². The van der Waals surface area contributed by atoms with Crippen molar-refractivity contribution < 1.29 is 13.2 Å². The second-order valence-electron chi connectivity index (χ2n) is 6.66. The summed E-state index contributed by atoms with van der Waals surface area (Å²) in [6.07, 6.45) is 1.22. The Morgan fingerprint density at radius 3 is 2.34 bits per heavy atom. The van der Waals surface area contributed by atoms with Crippen molar-refractivity contribution in [2.45, 2.75) is 32.2 Å². The van der Waals surface area contributed by atoms with Gasteiger partial charge in [0, 0.05) is 12.8 Å². The molecule has 160 valence electrons. The van der Waals surface area contributed by atoms with Gasteiger partial charge in [0.15, 0.2) is 15.8 Å². The molecule has 8 heteroatoms. The molecule has 0 fully saturated rings. The maximum absolute atomic E-state index is 11.7. The summed E-state index contributed by atoms with van der Waals surface area (Å²) in [5.74, 6) is 1.54. The van der Waals surface area contributed by atoms with Crippen LogP contribution in [0, 0.1) is 13.8 Å². The van der Waals surface area contributed by atoms with E-state index in [0.717, 1.165) is 23.4 Å². The van der Waals surface area contributed by atoms with Gasteiger partial charge >= 0.3 is 0 Å². The van der Waals surface area contributed by atoms with Gasteiger partial charge in [-0.2, -0.15) is 0 Å². The molecule has 0 saturated carbocycles. The van der Waals surface area contributed by atoms with Crippen molar-refractivity contribution in [1.82, 2.24) is 10.6 Å². The summed E-state index contributed by atoms with van der Waals surface area (Å²) in [4.78, 5) is 4.92. The van der Waals surface area contributed by atoms with Crippen LogP contribution in [0.2, 0.25) is 0 Å². The van der Waals surface area contributed by atoms with E-state index in [-0.39, 0.29) is 24.0 Å². The molecule has 0 unspecified atom stereocenters. The van der Waals surface area contributed by atoms with Gasteiger partial charge in [-0.1, -0.05) is 29.8 Å². The lowest BCUT2D eigenvalue weighted by Gasteiger charge is -2.12. The van der Waals surface area contributed by atoms with Crippen molar-refractivity contribution in [3.63, 3.8) is 0 Å². The van der Waals surface area contributed by atoms with Crippen LogP contribution in [-0.2, 0) is 16.4 Å². The average molecular weight is 531 g/mol. The molecule has 0 aromatic heterocycles. The summed E-state index contributed by atoms with van der Waals surface area (Å²) >= 11 is 0. The Morgan fingerprint density at radius 1 is 1.07 bits per heavy atom. The molecule has 0 amide bonds. The van der Waals surface area contributed by atoms with Crippen LogP contribution in [-0.4, -0.2) is 40.3 Å². The van der Waals surface area contributed by atoms with Crippen molar-refractivity contribution in [3.05, 3.63) is 59.2 Å². The highest BCUT2D eigenvalue weighted by molar-refractivity contribution is 14.0. The van der Waals surface area contributed by atoms with Crippen molar-refractivity contribution in [3.8, 4) is 5.75 Å². The molecule has 0 saturated heterocycles. The Balaban J connectivity index is 0.00000420. The minimum absolute atomic E-state index is 0. The molecule has 0 radical (unpaired) electrons. The Bertz CT molecular complexity index is 913. The number of benzene rings is 2. The summed E-state index contributed by atoms with van der Waals surface area (Å²) in [5, 5.41) is 6.44. The smallest absolute Gasteiger partial charge is 0.191 e. The summed E-state index contributed by atoms with van der Waals surface area (Å²) in [5.41, 5.74) is 2.89. The van der Waals surface area contributed by atoms with E-state index >= 15 is 0 Å². The summed E-state index contributed by atoms with van der Waals surface area (Å²) < 4.78 is 29.2. The number of guanidine groups is 1. The maximum Gasteiger partial charge on any atom is 0.191 e. The van der Waals surface area contributed by atoms with Gasteiger partial charge in [0.2, 0.25) is 0 Å². The third-order valence-electron chi connectivity index (χ3n) is 4.09. The van der Waals surface area contributed by atoms with Crippen molar-refractivity contribution in [2.75, 3.05) is 26.0 Å². The van der Waals surface area contributed by atoms with Crippen LogP contribution in [0.4, 0.5) is 0 Å². The van der Waals surface area contributed by atoms with Crippen LogP contribution >= 0.6 is 24.0 Å². The molecule has 0 spiro atoms. The number of ether oxygens (including phenoxy) is 1. The summed E-state index contributed by atoms with van der Waals surface area (Å²) in [7, 11) is -3.20. The lowest BCUT2D eigenvalue weighted by atomic mass is 10.1. The van der Waals surface area contributed by atoms with Crippen LogP contribution in [0.5, 0.6) is 5.75 Å². The second kappa shape index (κ2) is 12.0. The van der Waals surface area contributed by atoms with Crippen LogP contribution in [0.1, 0.15) is 23.6 Å². The first kappa shape index (κ1) is 25.2. The first-order valence-corrected chi connectivity index (χ1v) is 11.2. The molecule has 2 rings (SSSR count). The third-order valence-corrected chi connectivity index (χ3v) is 5.34. The second-order valence-corrected chi connectivity index (χ2v) is 8.64. The minimum Gasteiger partial charge on any atom is -0.492 e. The number of rotatable bonds is 8. The van der Waals surface area contributed by atoms with Gasteiger partial charge in [-0.05, 0) is 50.1 Å². The molecular weight excluding hydrogens is 501 g/mol. The molecule has 0 atom stereocenters. The van der Waals surface area contributed by atoms with Gasteiger partial charge in [0.25, 0.3) is 0 Å². The number of aryl methyl sites for hydroxylation is 2. The van der Waals surface area contributed by atoms with Crippen molar-refractivity contribution in [1.29, 1.82) is 0 Å². The molecule has 6 nitrogen and oxygen atoms in total. The van der Waals surface area contributed by atoms with Crippen LogP contribution < -0.4 is 15.4 Å². The van der Waals surface area contributed by atoms with Crippen LogP contribution in [0.25, 0.3) is 0 Å². The monoisotopic (exact) mass is 531 g/mol. The number of nitrogens with zero attached hydrogens (tertiary/aromatic N) is 1. The maximum atomic E-state index is 11.7. The number of aliphatic imine (C=N–C) groups is 1. The SMILES string of the molecule is CCNC(=NCc1ccc(S(C)(=O)=O)c(C)c1)NCCOc1ccc(C)cc1.I. The molecule has 2 aromatic rings. The predicted octanol–water partition coefficient (Wildman–Crippen LogP) is 3.46. The van der Waals surface area contributed by atoms with E-state index in [9.17, 15) is 8.42 Å². The molecule has 29 heavy (non-hydrogen) atoms. The molecule has 0 heterocycles. The number of hydrogen-bond donors (Lipinski definition) is 2. The van der Waals surface area contributed by atoms with Gasteiger partial charge < -0.3 is 15.4 Å². The average Bonchev–Trinajstić information content (AvgIpc) is 2.63. The molecule has 2 N–H and O–H groups in total. The van der Waals surface area contributed by atoms with E-state index in [2.05, 4.69) is 15.6 Å². The van der Waals surface area contributed by atoms with Crippen LogP contribution in [0.15, 0.2) is 52.4 Å². The lowest BCUT2D eigenvalue weighted by Crippen LogP contribution is -2.39. The van der Waals surface area contributed by atoms with E-state index in [1.807, 2.05) is 44.2 Å². The van der Waals surface area contributed by atoms with E-state index < -0.39 is 9.84 Å². The zero-order valence-corrected chi connectivity index (χ0v) is 20.5. The minimum atomic E-state index is -3.20. The Labute approximate surface area is 191 Å². The Kier molecular flexibility index (Phi) is 10.5. The van der Waals surface area contributed by atoms with Crippen LogP contribution in [0.3, 0.4) is 0 Å². The zero-order chi connectivity index (χ0) is 20.6. The van der Waals surface area contributed by atoms with Gasteiger partial charge in [-0.15, -0.1) is 24.0 Å². The fraction of sp³-hybridized carbons (Fsp3) is 0.381. The van der Waals surface area contributed by atoms with Gasteiger partial charge in [0.05, 0.1) is 18.0 Å². The largest absolute Gasteiger partial charge is 0.492 e. The lowest BCUT2D eigenvalue weighted by molar-refractivity contribution is 0.322. The van der Waals surface area contributed by atoms with Crippen molar-refractivity contribution in [2.24, 2.45) is 4.99 Å². The topological polar surface area (TPSA) is 79.8 Å². The van der Waals surface area contributed by atoms with E-state index in [1.54, 1.807) is 19.1 Å². The first-order valence-electron chi connectivity index (χ1n) is 9.31. The molecule has 0 aliphatic carbocycles. The van der Waals surface area contributed by atoms with Crippen molar-refractivity contribution >= 4 is 39.8 Å². The number of hydrogen-bond acceptors (Lipinski definition) is 4. The quantitative estimate of drug-likeness (QED) is 0.236. The predicted molar refractivity (Wildman–Crippen MR) is 129 cm³/mol. The van der Waals surface area contributed by atoms with Gasteiger partial charge in [0.1, 0.15) is 12.4 Å². The molecule has 0 aliphatic heterocycles. The third kappa shape index (κ3) is 8.61. The van der Waals surface area contributed by atoms with E-state index in [0.29, 0.717) is 30.6 Å². The summed E-state index contributed by atoms with van der Waals surface area (Å²) in [6, 6.07) is 13.3.